The normalized spacial score (nSPS) is 16.3. The molecule has 1 N–H and O–H groups in total. The van der Waals surface area contributed by atoms with Gasteiger partial charge < -0.3 is 10.2 Å². The second-order valence-corrected chi connectivity index (χ2v) is 8.29. The van der Waals surface area contributed by atoms with Crippen molar-refractivity contribution in [2.24, 2.45) is 5.92 Å². The largest absolute Gasteiger partial charge is 0.354 e. The first-order valence-corrected chi connectivity index (χ1v) is 10.8. The van der Waals surface area contributed by atoms with E-state index in [1.807, 2.05) is 30.3 Å². The van der Waals surface area contributed by atoms with Gasteiger partial charge in [0, 0.05) is 36.9 Å². The lowest BCUT2D eigenvalue weighted by Crippen LogP contribution is -2.43. The van der Waals surface area contributed by atoms with Gasteiger partial charge in [0.1, 0.15) is 10.8 Å². The van der Waals surface area contributed by atoms with E-state index in [0.29, 0.717) is 13.1 Å². The fourth-order valence-electron chi connectivity index (χ4n) is 3.53. The van der Waals surface area contributed by atoms with Crippen molar-refractivity contribution in [3.8, 4) is 0 Å². The summed E-state index contributed by atoms with van der Waals surface area (Å²) in [7, 11) is 0. The molecule has 1 aromatic heterocycles. The van der Waals surface area contributed by atoms with Crippen molar-refractivity contribution in [3.05, 3.63) is 78.4 Å². The van der Waals surface area contributed by atoms with Gasteiger partial charge in [-0.15, -0.1) is 0 Å². The third-order valence-electron chi connectivity index (χ3n) is 5.08. The van der Waals surface area contributed by atoms with E-state index in [9.17, 15) is 9.18 Å². The van der Waals surface area contributed by atoms with Crippen molar-refractivity contribution in [1.82, 2.24) is 15.3 Å². The number of hydrogen-bond acceptors (Lipinski definition) is 5. The van der Waals surface area contributed by atoms with E-state index >= 15 is 0 Å². The van der Waals surface area contributed by atoms with Crippen molar-refractivity contribution < 1.29 is 9.18 Å². The zero-order chi connectivity index (χ0) is 20.8. The molecule has 1 aliphatic rings. The van der Waals surface area contributed by atoms with Gasteiger partial charge in [-0.05, 0) is 42.7 Å². The van der Waals surface area contributed by atoms with Crippen molar-refractivity contribution in [1.29, 1.82) is 0 Å². The molecule has 1 saturated heterocycles. The second-order valence-electron chi connectivity index (χ2n) is 7.23. The van der Waals surface area contributed by atoms with Crippen LogP contribution in [0.5, 0.6) is 0 Å². The summed E-state index contributed by atoms with van der Waals surface area (Å²) in [5.41, 5.74) is 0.882. The molecule has 1 atom stereocenters. The number of nitrogens with one attached hydrogen (secondary N) is 1. The number of rotatable bonds is 6. The van der Waals surface area contributed by atoms with Gasteiger partial charge in [0.05, 0.1) is 5.92 Å². The summed E-state index contributed by atoms with van der Waals surface area (Å²) in [5, 5.41) is 3.83. The highest BCUT2D eigenvalue weighted by atomic mass is 32.2. The number of aromatic nitrogens is 2. The number of amides is 1. The number of anilines is 1. The third-order valence-corrected chi connectivity index (χ3v) is 6.07. The Kier molecular flexibility index (Phi) is 6.59. The van der Waals surface area contributed by atoms with E-state index in [4.69, 9.17) is 0 Å². The molecule has 0 spiro atoms. The van der Waals surface area contributed by atoms with Crippen LogP contribution in [0, 0.1) is 11.7 Å². The summed E-state index contributed by atoms with van der Waals surface area (Å²) in [5.74, 6) is 0.449. The molecule has 5 nitrogen and oxygen atoms in total. The Labute approximate surface area is 179 Å². The Morgan fingerprint density at radius 2 is 1.87 bits per heavy atom. The lowest BCUT2D eigenvalue weighted by molar-refractivity contribution is -0.125. The van der Waals surface area contributed by atoms with Gasteiger partial charge in [0.15, 0.2) is 5.82 Å². The van der Waals surface area contributed by atoms with E-state index < -0.39 is 0 Å². The van der Waals surface area contributed by atoms with Crippen LogP contribution in [-0.2, 0) is 11.3 Å². The molecular weight excluding hydrogens is 399 g/mol. The first kappa shape index (κ1) is 20.3. The third kappa shape index (κ3) is 5.16. The molecular formula is C23H23FN4OS. The highest BCUT2D eigenvalue weighted by molar-refractivity contribution is 7.99. The maximum atomic E-state index is 13.0. The molecule has 1 aliphatic heterocycles. The van der Waals surface area contributed by atoms with Crippen LogP contribution in [0.4, 0.5) is 10.2 Å². The van der Waals surface area contributed by atoms with Crippen LogP contribution in [0.2, 0.25) is 0 Å². The number of halogens is 1. The molecule has 0 aliphatic carbocycles. The molecule has 3 aromatic rings. The Morgan fingerprint density at radius 3 is 2.67 bits per heavy atom. The zero-order valence-corrected chi connectivity index (χ0v) is 17.3. The SMILES string of the molecule is O=C(NCc1ccc(F)cc1)[C@@H]1CCCN(c2nccnc2Sc2ccccc2)C1. The van der Waals surface area contributed by atoms with E-state index in [-0.39, 0.29) is 17.6 Å². The molecule has 7 heteroatoms. The van der Waals surface area contributed by atoms with E-state index in [1.165, 1.54) is 12.1 Å². The summed E-state index contributed by atoms with van der Waals surface area (Å²) in [6, 6.07) is 16.3. The van der Waals surface area contributed by atoms with Gasteiger partial charge in [0.2, 0.25) is 5.91 Å². The van der Waals surface area contributed by atoms with Crippen LogP contribution in [0.3, 0.4) is 0 Å². The predicted octanol–water partition coefficient (Wildman–Crippen LogP) is 4.30. The summed E-state index contributed by atoms with van der Waals surface area (Å²) in [4.78, 5) is 25.1. The number of carbonyl (C=O) groups excluding carboxylic acids is 1. The fourth-order valence-corrected chi connectivity index (χ4v) is 4.43. The van der Waals surface area contributed by atoms with Gasteiger partial charge in [-0.1, -0.05) is 42.1 Å². The molecule has 0 radical (unpaired) electrons. The number of piperidine rings is 1. The molecule has 0 bridgehead atoms. The van der Waals surface area contributed by atoms with Crippen LogP contribution in [0.25, 0.3) is 0 Å². The highest BCUT2D eigenvalue weighted by Crippen LogP contribution is 2.33. The van der Waals surface area contributed by atoms with Crippen molar-refractivity contribution in [2.45, 2.75) is 29.3 Å². The Morgan fingerprint density at radius 1 is 1.10 bits per heavy atom. The minimum Gasteiger partial charge on any atom is -0.354 e. The van der Waals surface area contributed by atoms with Crippen LogP contribution < -0.4 is 10.2 Å². The second kappa shape index (κ2) is 9.71. The molecule has 2 heterocycles. The van der Waals surface area contributed by atoms with E-state index in [1.54, 1.807) is 36.3 Å². The monoisotopic (exact) mass is 422 g/mol. The number of nitrogens with zero attached hydrogens (tertiary/aromatic N) is 3. The number of hydrogen-bond donors (Lipinski definition) is 1. The van der Waals surface area contributed by atoms with Crippen molar-refractivity contribution >= 4 is 23.5 Å². The minimum atomic E-state index is -0.277. The first-order valence-electron chi connectivity index (χ1n) is 10.00. The number of benzene rings is 2. The zero-order valence-electron chi connectivity index (χ0n) is 16.5. The fraction of sp³-hybridized carbons (Fsp3) is 0.261. The smallest absolute Gasteiger partial charge is 0.225 e. The Hall–Kier alpha value is -2.93. The Balaban J connectivity index is 1.41. The predicted molar refractivity (Wildman–Crippen MR) is 116 cm³/mol. The van der Waals surface area contributed by atoms with E-state index in [0.717, 1.165) is 40.7 Å². The van der Waals surface area contributed by atoms with Gasteiger partial charge >= 0.3 is 0 Å². The summed E-state index contributed by atoms with van der Waals surface area (Å²) in [6.45, 7) is 1.86. The lowest BCUT2D eigenvalue weighted by Gasteiger charge is -2.33. The minimum absolute atomic E-state index is 0.0187. The summed E-state index contributed by atoms with van der Waals surface area (Å²) >= 11 is 1.58. The molecule has 1 amide bonds. The molecule has 1 fully saturated rings. The van der Waals surface area contributed by atoms with Crippen molar-refractivity contribution in [3.63, 3.8) is 0 Å². The Bertz CT molecular complexity index is 984. The molecule has 4 rings (SSSR count). The average molecular weight is 423 g/mol. The highest BCUT2D eigenvalue weighted by Gasteiger charge is 2.28. The maximum Gasteiger partial charge on any atom is 0.225 e. The first-order chi connectivity index (χ1) is 14.7. The van der Waals surface area contributed by atoms with E-state index in [2.05, 4.69) is 20.2 Å². The standard InChI is InChI=1S/C23H23FN4OS/c24-19-10-8-17(9-11-19)15-27-22(29)18-5-4-14-28(16-18)21-23(26-13-12-25-21)30-20-6-2-1-3-7-20/h1-3,6-13,18H,4-5,14-16H2,(H,27,29)/t18-/m1/s1. The maximum absolute atomic E-state index is 13.0. The molecule has 0 unspecified atom stereocenters. The topological polar surface area (TPSA) is 58.1 Å². The van der Waals surface area contributed by atoms with Gasteiger partial charge in [0.25, 0.3) is 0 Å². The van der Waals surface area contributed by atoms with Crippen LogP contribution in [-0.4, -0.2) is 29.0 Å². The molecule has 0 saturated carbocycles. The molecule has 154 valence electrons. The van der Waals surface area contributed by atoms with Crippen LogP contribution in [0.15, 0.2) is 76.9 Å². The molecule has 30 heavy (non-hydrogen) atoms. The van der Waals surface area contributed by atoms with Crippen molar-refractivity contribution in [2.75, 3.05) is 18.0 Å². The lowest BCUT2D eigenvalue weighted by atomic mass is 9.97. The molecule has 2 aromatic carbocycles. The number of carbonyl (C=O) groups is 1. The van der Waals surface area contributed by atoms with Crippen LogP contribution >= 0.6 is 11.8 Å². The van der Waals surface area contributed by atoms with Gasteiger partial charge in [-0.2, -0.15) is 0 Å². The van der Waals surface area contributed by atoms with Gasteiger partial charge in [-0.25, -0.2) is 14.4 Å². The quantitative estimate of drug-likeness (QED) is 0.642. The van der Waals surface area contributed by atoms with Gasteiger partial charge in [-0.3, -0.25) is 4.79 Å². The van der Waals surface area contributed by atoms with Crippen LogP contribution in [0.1, 0.15) is 18.4 Å². The summed E-state index contributed by atoms with van der Waals surface area (Å²) in [6.07, 6.45) is 5.15. The summed E-state index contributed by atoms with van der Waals surface area (Å²) < 4.78 is 13.0. The average Bonchev–Trinajstić information content (AvgIpc) is 2.80.